The lowest BCUT2D eigenvalue weighted by Gasteiger charge is -2.00. The van der Waals surface area contributed by atoms with Gasteiger partial charge in [0.25, 0.3) is 0 Å². The van der Waals surface area contributed by atoms with Gasteiger partial charge >= 0.3 is 0 Å². The Bertz CT molecular complexity index is 467. The first kappa shape index (κ1) is 10.8. The van der Waals surface area contributed by atoms with Gasteiger partial charge in [-0.3, -0.25) is 0 Å². The molecular formula is C9H4BrCl2N3. The molecule has 0 aliphatic heterocycles. The molecule has 1 aromatic heterocycles. The minimum absolute atomic E-state index is 0.154. The van der Waals surface area contributed by atoms with Crippen molar-refractivity contribution in [1.29, 1.82) is 0 Å². The van der Waals surface area contributed by atoms with Crippen LogP contribution in [0.3, 0.4) is 0 Å². The Morgan fingerprint density at radius 2 is 1.60 bits per heavy atom. The van der Waals surface area contributed by atoms with E-state index in [4.69, 9.17) is 23.2 Å². The highest BCUT2D eigenvalue weighted by Crippen LogP contribution is 2.20. The third kappa shape index (κ3) is 2.65. The van der Waals surface area contributed by atoms with Crippen LogP contribution in [0.1, 0.15) is 0 Å². The van der Waals surface area contributed by atoms with Crippen LogP contribution in [0.2, 0.25) is 10.3 Å². The molecule has 0 spiro atoms. The van der Waals surface area contributed by atoms with Gasteiger partial charge in [-0.2, -0.15) is 9.97 Å². The largest absolute Gasteiger partial charge is 0.226 e. The molecule has 0 bridgehead atoms. The molecular weight excluding hydrogens is 301 g/mol. The molecule has 0 N–H and O–H groups in total. The Labute approximate surface area is 105 Å². The Kier molecular flexibility index (Phi) is 3.19. The van der Waals surface area contributed by atoms with Crippen molar-refractivity contribution in [3.63, 3.8) is 0 Å². The van der Waals surface area contributed by atoms with Crippen LogP contribution in [-0.2, 0) is 0 Å². The normalized spacial score (nSPS) is 10.3. The highest BCUT2D eigenvalue weighted by Gasteiger charge is 2.05. The van der Waals surface area contributed by atoms with Gasteiger partial charge in [0.1, 0.15) is 0 Å². The molecule has 2 rings (SSSR count). The van der Waals surface area contributed by atoms with Gasteiger partial charge in [0, 0.05) is 10.6 Å². The molecule has 0 radical (unpaired) electrons. The average molecular weight is 305 g/mol. The lowest BCUT2D eigenvalue weighted by Crippen LogP contribution is -1.93. The van der Waals surface area contributed by atoms with E-state index in [9.17, 15) is 0 Å². The van der Waals surface area contributed by atoms with Gasteiger partial charge in [0.05, 0.1) is 0 Å². The van der Waals surface area contributed by atoms with Gasteiger partial charge < -0.3 is 0 Å². The quantitative estimate of drug-likeness (QED) is 0.808. The van der Waals surface area contributed by atoms with Gasteiger partial charge in [-0.25, -0.2) is 4.98 Å². The number of nitrogens with zero attached hydrogens (tertiary/aromatic N) is 3. The van der Waals surface area contributed by atoms with Crippen molar-refractivity contribution in [2.75, 3.05) is 0 Å². The van der Waals surface area contributed by atoms with Crippen LogP contribution in [0.4, 0.5) is 0 Å². The van der Waals surface area contributed by atoms with Crippen LogP contribution in [0.5, 0.6) is 0 Å². The number of rotatable bonds is 1. The predicted octanol–water partition coefficient (Wildman–Crippen LogP) is 3.61. The molecule has 0 saturated carbocycles. The monoisotopic (exact) mass is 303 g/mol. The summed E-state index contributed by atoms with van der Waals surface area (Å²) in [4.78, 5) is 11.9. The summed E-state index contributed by atoms with van der Waals surface area (Å²) in [7, 11) is 0. The second-order valence-electron chi connectivity index (χ2n) is 2.70. The van der Waals surface area contributed by atoms with Gasteiger partial charge in [0.15, 0.2) is 5.82 Å². The van der Waals surface area contributed by atoms with Crippen molar-refractivity contribution in [3.8, 4) is 11.4 Å². The molecule has 0 unspecified atom stereocenters. The predicted molar refractivity (Wildman–Crippen MR) is 63.0 cm³/mol. The number of halogens is 3. The summed E-state index contributed by atoms with van der Waals surface area (Å²) in [6, 6.07) is 7.17. The molecule has 0 aliphatic carbocycles. The first-order chi connectivity index (χ1) is 7.15. The summed E-state index contributed by atoms with van der Waals surface area (Å²) in [6.07, 6.45) is 0. The molecule has 0 aliphatic rings. The average Bonchev–Trinajstić information content (AvgIpc) is 2.17. The van der Waals surface area contributed by atoms with E-state index in [2.05, 4.69) is 30.9 Å². The lowest BCUT2D eigenvalue weighted by atomic mass is 10.2. The molecule has 0 atom stereocenters. The zero-order chi connectivity index (χ0) is 10.8. The van der Waals surface area contributed by atoms with Crippen molar-refractivity contribution >= 4 is 39.1 Å². The summed E-state index contributed by atoms with van der Waals surface area (Å²) in [5, 5.41) is 0.819. The molecule has 3 nitrogen and oxygen atoms in total. The molecule has 2 aromatic rings. The molecule has 6 heteroatoms. The molecule has 15 heavy (non-hydrogen) atoms. The van der Waals surface area contributed by atoms with Crippen LogP contribution in [0, 0.1) is 0 Å². The zero-order valence-electron chi connectivity index (χ0n) is 7.28. The van der Waals surface area contributed by atoms with E-state index in [1.54, 1.807) is 12.1 Å². The van der Waals surface area contributed by atoms with Gasteiger partial charge in [0.2, 0.25) is 10.0 Å². The second kappa shape index (κ2) is 4.43. The number of hydrogen-bond acceptors (Lipinski definition) is 3. The van der Waals surface area contributed by atoms with E-state index in [1.165, 1.54) is 0 Å². The Balaban J connectivity index is 2.49. The van der Waals surface area contributed by atoms with Gasteiger partial charge in [-0.1, -0.05) is 11.6 Å². The van der Waals surface area contributed by atoms with Crippen LogP contribution < -0.4 is 0 Å². The summed E-state index contributed by atoms with van der Waals surface area (Å²) in [6.45, 7) is 0. The van der Waals surface area contributed by atoms with Crippen molar-refractivity contribution < 1.29 is 0 Å². The van der Waals surface area contributed by atoms with Crippen molar-refractivity contribution in [2.45, 2.75) is 0 Å². The summed E-state index contributed by atoms with van der Waals surface area (Å²) >= 11 is 14.6. The van der Waals surface area contributed by atoms with E-state index in [-0.39, 0.29) is 5.28 Å². The third-order valence-corrected chi connectivity index (χ3v) is 2.46. The SMILES string of the molecule is Clc1ccc(-c2nc(Cl)nc(Br)n2)cc1. The molecule has 76 valence electrons. The van der Waals surface area contributed by atoms with Gasteiger partial charge in [-0.15, -0.1) is 0 Å². The van der Waals surface area contributed by atoms with E-state index >= 15 is 0 Å². The summed E-state index contributed by atoms with van der Waals surface area (Å²) in [5.74, 6) is 0.513. The van der Waals surface area contributed by atoms with Crippen LogP contribution >= 0.6 is 39.1 Å². The maximum absolute atomic E-state index is 5.77. The topological polar surface area (TPSA) is 38.7 Å². The number of hydrogen-bond donors (Lipinski definition) is 0. The molecule has 0 fully saturated rings. The first-order valence-electron chi connectivity index (χ1n) is 3.98. The van der Waals surface area contributed by atoms with Crippen LogP contribution in [0.15, 0.2) is 29.0 Å². The third-order valence-electron chi connectivity index (χ3n) is 1.68. The van der Waals surface area contributed by atoms with Crippen molar-refractivity contribution in [3.05, 3.63) is 39.3 Å². The van der Waals surface area contributed by atoms with E-state index in [0.29, 0.717) is 15.6 Å². The fraction of sp³-hybridized carbons (Fsp3) is 0. The molecule has 0 saturated heterocycles. The molecule has 1 heterocycles. The Morgan fingerprint density at radius 1 is 0.933 bits per heavy atom. The summed E-state index contributed by atoms with van der Waals surface area (Å²) in [5.41, 5.74) is 0.837. The van der Waals surface area contributed by atoms with E-state index in [1.807, 2.05) is 12.1 Å². The van der Waals surface area contributed by atoms with Crippen LogP contribution in [-0.4, -0.2) is 15.0 Å². The molecule has 0 amide bonds. The van der Waals surface area contributed by atoms with Crippen molar-refractivity contribution in [1.82, 2.24) is 15.0 Å². The number of benzene rings is 1. The Morgan fingerprint density at radius 3 is 2.20 bits per heavy atom. The lowest BCUT2D eigenvalue weighted by molar-refractivity contribution is 1.02. The zero-order valence-corrected chi connectivity index (χ0v) is 10.4. The standard InChI is InChI=1S/C9H4BrCl2N3/c10-8-13-7(14-9(12)15-8)5-1-3-6(11)4-2-5/h1-4H. The highest BCUT2D eigenvalue weighted by molar-refractivity contribution is 9.10. The smallest absolute Gasteiger partial charge is 0.202 e. The highest BCUT2D eigenvalue weighted by atomic mass is 79.9. The van der Waals surface area contributed by atoms with Gasteiger partial charge in [-0.05, 0) is 51.8 Å². The first-order valence-corrected chi connectivity index (χ1v) is 5.53. The van der Waals surface area contributed by atoms with E-state index < -0.39 is 0 Å². The van der Waals surface area contributed by atoms with Crippen molar-refractivity contribution in [2.24, 2.45) is 0 Å². The Hall–Kier alpha value is -0.710. The minimum atomic E-state index is 0.154. The van der Waals surface area contributed by atoms with Crippen LogP contribution in [0.25, 0.3) is 11.4 Å². The fourth-order valence-corrected chi connectivity index (χ4v) is 1.78. The summed E-state index contributed by atoms with van der Waals surface area (Å²) < 4.78 is 0.410. The second-order valence-corrected chi connectivity index (χ2v) is 4.19. The molecule has 1 aromatic carbocycles. The maximum atomic E-state index is 5.77. The fourth-order valence-electron chi connectivity index (χ4n) is 1.05. The van der Waals surface area contributed by atoms with E-state index in [0.717, 1.165) is 5.56 Å². The number of aromatic nitrogens is 3. The maximum Gasteiger partial charge on any atom is 0.226 e. The minimum Gasteiger partial charge on any atom is -0.202 e.